The second kappa shape index (κ2) is 9.58. The van der Waals surface area contributed by atoms with E-state index in [1.165, 1.54) is 0 Å². The molecule has 0 unspecified atom stereocenters. The van der Waals surface area contributed by atoms with Crippen molar-refractivity contribution in [2.24, 2.45) is 5.92 Å². The number of carbonyl (C=O) groups is 2. The van der Waals surface area contributed by atoms with Gasteiger partial charge < -0.3 is 15.0 Å². The molecule has 0 fully saturated rings. The lowest BCUT2D eigenvalue weighted by molar-refractivity contribution is -0.139. The first-order valence-corrected chi connectivity index (χ1v) is 8.90. The fourth-order valence-corrected chi connectivity index (χ4v) is 2.94. The molecular weight excluding hydrogens is 292 g/mol. The van der Waals surface area contributed by atoms with E-state index in [4.69, 9.17) is 4.74 Å². The summed E-state index contributed by atoms with van der Waals surface area (Å²) in [7, 11) is 0. The van der Waals surface area contributed by atoms with Crippen molar-refractivity contribution in [3.8, 4) is 0 Å². The van der Waals surface area contributed by atoms with Crippen LogP contribution in [-0.4, -0.2) is 42.5 Å². The van der Waals surface area contributed by atoms with Gasteiger partial charge in [-0.2, -0.15) is 0 Å². The molecule has 1 rings (SSSR count). The molecular formula is C18H32N2O3. The molecule has 0 bridgehead atoms. The summed E-state index contributed by atoms with van der Waals surface area (Å²) in [6.45, 7) is 11.6. The third-order valence-electron chi connectivity index (χ3n) is 4.33. The maximum Gasteiger partial charge on any atom is 0.335 e. The summed E-state index contributed by atoms with van der Waals surface area (Å²) in [4.78, 5) is 26.7. The number of nitrogens with zero attached hydrogens (tertiary/aromatic N) is 1. The molecule has 0 saturated carbocycles. The number of esters is 1. The summed E-state index contributed by atoms with van der Waals surface area (Å²) in [6.07, 6.45) is 3.57. The first-order valence-electron chi connectivity index (χ1n) is 8.90. The van der Waals surface area contributed by atoms with Crippen LogP contribution in [0.4, 0.5) is 0 Å². The van der Waals surface area contributed by atoms with Crippen LogP contribution in [0.15, 0.2) is 11.3 Å². The SMILES string of the molecule is CCOC(=O)C1=C(N[C@H](C(=O)N(CC)CC)C(C)C)CCCC1. The van der Waals surface area contributed by atoms with Gasteiger partial charge in [-0.25, -0.2) is 4.79 Å². The Balaban J connectivity index is 3.00. The molecule has 0 aromatic heterocycles. The van der Waals surface area contributed by atoms with Crippen molar-refractivity contribution in [2.45, 2.75) is 66.3 Å². The Morgan fingerprint density at radius 2 is 1.74 bits per heavy atom. The Bertz CT molecular complexity index is 440. The lowest BCUT2D eigenvalue weighted by Gasteiger charge is -2.31. The van der Waals surface area contributed by atoms with Crippen LogP contribution in [0.5, 0.6) is 0 Å². The van der Waals surface area contributed by atoms with Crippen molar-refractivity contribution >= 4 is 11.9 Å². The highest BCUT2D eigenvalue weighted by atomic mass is 16.5. The van der Waals surface area contributed by atoms with Gasteiger partial charge in [0.05, 0.1) is 12.2 Å². The Labute approximate surface area is 140 Å². The van der Waals surface area contributed by atoms with Crippen molar-refractivity contribution in [3.05, 3.63) is 11.3 Å². The third kappa shape index (κ3) is 5.26. The fourth-order valence-electron chi connectivity index (χ4n) is 2.94. The maximum absolute atomic E-state index is 12.7. The molecule has 0 heterocycles. The van der Waals surface area contributed by atoms with E-state index in [0.717, 1.165) is 37.0 Å². The van der Waals surface area contributed by atoms with E-state index in [-0.39, 0.29) is 23.8 Å². The molecule has 5 nitrogen and oxygen atoms in total. The summed E-state index contributed by atoms with van der Waals surface area (Å²) in [5.41, 5.74) is 1.62. The third-order valence-corrected chi connectivity index (χ3v) is 4.33. The number of likely N-dealkylation sites (N-methyl/N-ethyl adjacent to an activating group) is 1. The zero-order valence-electron chi connectivity index (χ0n) is 15.3. The summed E-state index contributed by atoms with van der Waals surface area (Å²) in [6, 6.07) is -0.299. The van der Waals surface area contributed by atoms with E-state index in [1.54, 1.807) is 0 Å². The molecule has 0 aromatic carbocycles. The van der Waals surface area contributed by atoms with Gasteiger partial charge in [0.1, 0.15) is 6.04 Å². The molecule has 1 amide bonds. The Hall–Kier alpha value is -1.52. The maximum atomic E-state index is 12.7. The van der Waals surface area contributed by atoms with Crippen LogP contribution in [0, 0.1) is 5.92 Å². The predicted molar refractivity (Wildman–Crippen MR) is 91.8 cm³/mol. The zero-order chi connectivity index (χ0) is 17.4. The summed E-state index contributed by atoms with van der Waals surface area (Å²) in [5.74, 6) is 0.0137. The van der Waals surface area contributed by atoms with Gasteiger partial charge in [0.2, 0.25) is 5.91 Å². The molecule has 1 N–H and O–H groups in total. The van der Waals surface area contributed by atoms with Crippen molar-refractivity contribution in [3.63, 3.8) is 0 Å². The van der Waals surface area contributed by atoms with Crippen LogP contribution in [0.1, 0.15) is 60.3 Å². The van der Waals surface area contributed by atoms with E-state index in [1.807, 2.05) is 39.5 Å². The van der Waals surface area contributed by atoms with Gasteiger partial charge in [0, 0.05) is 18.8 Å². The van der Waals surface area contributed by atoms with E-state index >= 15 is 0 Å². The fraction of sp³-hybridized carbons (Fsp3) is 0.778. The predicted octanol–water partition coefficient (Wildman–Crippen LogP) is 2.86. The molecule has 1 aliphatic carbocycles. The number of hydrogen-bond donors (Lipinski definition) is 1. The van der Waals surface area contributed by atoms with Crippen molar-refractivity contribution in [2.75, 3.05) is 19.7 Å². The summed E-state index contributed by atoms with van der Waals surface area (Å²) >= 11 is 0. The van der Waals surface area contributed by atoms with Gasteiger partial charge in [-0.05, 0) is 52.4 Å². The van der Waals surface area contributed by atoms with Crippen molar-refractivity contribution in [1.29, 1.82) is 0 Å². The van der Waals surface area contributed by atoms with Gasteiger partial charge in [0.25, 0.3) is 0 Å². The number of nitrogens with one attached hydrogen (secondary N) is 1. The number of carbonyl (C=O) groups excluding carboxylic acids is 2. The lowest BCUT2D eigenvalue weighted by Crippen LogP contribution is -2.49. The van der Waals surface area contributed by atoms with Crippen LogP contribution < -0.4 is 5.32 Å². The molecule has 132 valence electrons. The highest BCUT2D eigenvalue weighted by Gasteiger charge is 2.29. The molecule has 0 saturated heterocycles. The van der Waals surface area contributed by atoms with Gasteiger partial charge in [0.15, 0.2) is 0 Å². The first kappa shape index (κ1) is 19.5. The molecule has 1 aliphatic rings. The topological polar surface area (TPSA) is 58.6 Å². The van der Waals surface area contributed by atoms with Crippen LogP contribution >= 0.6 is 0 Å². The van der Waals surface area contributed by atoms with Crippen molar-refractivity contribution < 1.29 is 14.3 Å². The highest BCUT2D eigenvalue weighted by Crippen LogP contribution is 2.25. The minimum atomic E-state index is -0.299. The van der Waals surface area contributed by atoms with E-state index in [0.29, 0.717) is 19.7 Å². The zero-order valence-corrected chi connectivity index (χ0v) is 15.3. The quantitative estimate of drug-likeness (QED) is 0.698. The largest absolute Gasteiger partial charge is 0.463 e. The molecule has 0 aromatic rings. The van der Waals surface area contributed by atoms with Crippen LogP contribution in [0.2, 0.25) is 0 Å². The standard InChI is InChI=1S/C18H32N2O3/c1-6-20(7-2)17(21)16(13(4)5)19-15-12-10-9-11-14(15)18(22)23-8-3/h13,16,19H,6-12H2,1-5H3/t16-/m0/s1. The summed E-state index contributed by atoms with van der Waals surface area (Å²) < 4.78 is 5.17. The average molecular weight is 324 g/mol. The molecule has 1 atom stereocenters. The molecule has 0 radical (unpaired) electrons. The normalized spacial score (nSPS) is 16.3. The minimum absolute atomic E-state index is 0.103. The molecule has 0 spiro atoms. The number of ether oxygens (including phenoxy) is 1. The van der Waals surface area contributed by atoms with Gasteiger partial charge >= 0.3 is 5.97 Å². The average Bonchev–Trinajstić information content (AvgIpc) is 2.53. The van der Waals surface area contributed by atoms with Gasteiger partial charge in [-0.1, -0.05) is 13.8 Å². The Kier molecular flexibility index (Phi) is 8.13. The summed E-state index contributed by atoms with van der Waals surface area (Å²) in [5, 5.41) is 3.38. The Morgan fingerprint density at radius 1 is 1.13 bits per heavy atom. The Morgan fingerprint density at radius 3 is 2.26 bits per heavy atom. The number of allylic oxidation sites excluding steroid dienone is 1. The van der Waals surface area contributed by atoms with E-state index in [2.05, 4.69) is 5.32 Å². The van der Waals surface area contributed by atoms with Crippen LogP contribution in [0.3, 0.4) is 0 Å². The second-order valence-electron chi connectivity index (χ2n) is 6.26. The first-order chi connectivity index (χ1) is 11.0. The minimum Gasteiger partial charge on any atom is -0.463 e. The molecule has 5 heteroatoms. The number of rotatable bonds is 8. The number of amides is 1. The van der Waals surface area contributed by atoms with Gasteiger partial charge in [-0.3, -0.25) is 4.79 Å². The van der Waals surface area contributed by atoms with Crippen molar-refractivity contribution in [1.82, 2.24) is 10.2 Å². The van der Waals surface area contributed by atoms with Crippen LogP contribution in [-0.2, 0) is 14.3 Å². The smallest absolute Gasteiger partial charge is 0.335 e. The van der Waals surface area contributed by atoms with E-state index in [9.17, 15) is 9.59 Å². The highest BCUT2D eigenvalue weighted by molar-refractivity contribution is 5.90. The van der Waals surface area contributed by atoms with Gasteiger partial charge in [-0.15, -0.1) is 0 Å². The van der Waals surface area contributed by atoms with Crippen LogP contribution in [0.25, 0.3) is 0 Å². The monoisotopic (exact) mass is 324 g/mol. The lowest BCUT2D eigenvalue weighted by atomic mass is 9.94. The van der Waals surface area contributed by atoms with E-state index < -0.39 is 0 Å². The second-order valence-corrected chi connectivity index (χ2v) is 6.26. The molecule has 0 aliphatic heterocycles. The molecule has 23 heavy (non-hydrogen) atoms. The number of hydrogen-bond acceptors (Lipinski definition) is 4.